The van der Waals surface area contributed by atoms with Crippen LogP contribution in [0.1, 0.15) is 31.0 Å². The van der Waals surface area contributed by atoms with Gasteiger partial charge in [-0.1, -0.05) is 12.1 Å². The molecule has 2 heterocycles. The molecule has 21 heavy (non-hydrogen) atoms. The summed E-state index contributed by atoms with van der Waals surface area (Å²) in [4.78, 5) is 4.47. The number of hydrogen-bond acceptors (Lipinski definition) is 2. The maximum Gasteiger partial charge on any atom is 0.0707 e. The molecule has 0 bridgehead atoms. The van der Waals surface area contributed by atoms with Crippen molar-refractivity contribution in [3.05, 3.63) is 41.7 Å². The van der Waals surface area contributed by atoms with Crippen LogP contribution in [0.2, 0.25) is 0 Å². The number of nitrogens with zero attached hydrogens (tertiary/aromatic N) is 2. The van der Waals surface area contributed by atoms with Crippen LogP contribution in [-0.4, -0.2) is 15.3 Å². The van der Waals surface area contributed by atoms with E-state index in [1.807, 2.05) is 13.1 Å². The van der Waals surface area contributed by atoms with Crippen molar-refractivity contribution >= 4 is 27.5 Å². The molecule has 3 rings (SSSR count). The van der Waals surface area contributed by atoms with Crippen LogP contribution in [0.15, 0.2) is 30.5 Å². The van der Waals surface area contributed by atoms with Gasteiger partial charge in [-0.3, -0.25) is 4.98 Å². The average molecular weight is 279 g/mol. The molecule has 0 saturated carbocycles. The van der Waals surface area contributed by atoms with Gasteiger partial charge >= 0.3 is 0 Å². The highest BCUT2D eigenvalue weighted by Crippen LogP contribution is 2.31. The third-order valence-corrected chi connectivity index (χ3v) is 4.04. The van der Waals surface area contributed by atoms with Gasteiger partial charge < -0.3 is 9.98 Å². The molecule has 0 radical (unpaired) electrons. The Hall–Kier alpha value is -2.16. The van der Waals surface area contributed by atoms with Crippen molar-refractivity contribution in [1.29, 1.82) is 5.41 Å². The van der Waals surface area contributed by atoms with Gasteiger partial charge in [-0.25, -0.2) is 0 Å². The predicted molar refractivity (Wildman–Crippen MR) is 89.3 cm³/mol. The summed E-state index contributed by atoms with van der Waals surface area (Å²) in [6.45, 7) is 7.02. The summed E-state index contributed by atoms with van der Waals surface area (Å²) in [5, 5.41) is 10.2. The Morgan fingerprint density at radius 2 is 2.00 bits per heavy atom. The molecule has 0 aliphatic heterocycles. The average Bonchev–Trinajstić information content (AvgIpc) is 2.74. The predicted octanol–water partition coefficient (Wildman–Crippen LogP) is 4.63. The monoisotopic (exact) mass is 279 g/mol. The molecule has 3 heteroatoms. The molecule has 0 atom stereocenters. The van der Waals surface area contributed by atoms with Gasteiger partial charge in [-0.05, 0) is 51.3 Å². The van der Waals surface area contributed by atoms with Gasteiger partial charge in [0, 0.05) is 34.7 Å². The zero-order valence-corrected chi connectivity index (χ0v) is 12.9. The Balaban J connectivity index is 2.21. The summed E-state index contributed by atoms with van der Waals surface area (Å²) in [7, 11) is 0. The molecule has 2 aromatic heterocycles. The second-order valence-electron chi connectivity index (χ2n) is 5.85. The Morgan fingerprint density at radius 1 is 1.19 bits per heavy atom. The summed E-state index contributed by atoms with van der Waals surface area (Å²) in [6.07, 6.45) is 3.74. The Labute approximate surface area is 125 Å². The van der Waals surface area contributed by atoms with E-state index in [2.05, 4.69) is 47.7 Å². The van der Waals surface area contributed by atoms with Crippen molar-refractivity contribution in [2.45, 2.75) is 40.2 Å². The van der Waals surface area contributed by atoms with Crippen molar-refractivity contribution < 1.29 is 0 Å². The standard InChI is InChI=1S/C18H21N3/c1-12-6-7-15-16-8-9-20-14(3)18(16)21(17(15)11-12)10-4-5-13(2)19/h6-9,11,19H,4-5,10H2,1-3H3. The van der Waals surface area contributed by atoms with Gasteiger partial charge in [0.05, 0.1) is 11.2 Å². The van der Waals surface area contributed by atoms with Crippen molar-refractivity contribution in [3.63, 3.8) is 0 Å². The lowest BCUT2D eigenvalue weighted by Gasteiger charge is -2.08. The SMILES string of the molecule is CC(=N)CCCn1c2cc(C)ccc2c2ccnc(C)c21. The number of hydrogen-bond donors (Lipinski definition) is 1. The Morgan fingerprint density at radius 3 is 2.76 bits per heavy atom. The maximum atomic E-state index is 7.60. The van der Waals surface area contributed by atoms with E-state index in [9.17, 15) is 0 Å². The molecule has 0 amide bonds. The summed E-state index contributed by atoms with van der Waals surface area (Å²) >= 11 is 0. The third kappa shape index (κ3) is 2.44. The van der Waals surface area contributed by atoms with Crippen molar-refractivity contribution in [3.8, 4) is 0 Å². The first-order valence-electron chi connectivity index (χ1n) is 7.46. The first-order chi connectivity index (χ1) is 10.1. The summed E-state index contributed by atoms with van der Waals surface area (Å²) < 4.78 is 2.38. The topological polar surface area (TPSA) is 41.7 Å². The molecule has 108 valence electrons. The van der Waals surface area contributed by atoms with E-state index in [4.69, 9.17) is 5.41 Å². The fraction of sp³-hybridized carbons (Fsp3) is 0.333. The van der Waals surface area contributed by atoms with Gasteiger partial charge in [0.1, 0.15) is 0 Å². The van der Waals surface area contributed by atoms with E-state index in [-0.39, 0.29) is 0 Å². The zero-order valence-electron chi connectivity index (χ0n) is 12.9. The molecule has 0 aliphatic rings. The lowest BCUT2D eigenvalue weighted by molar-refractivity contribution is 0.694. The summed E-state index contributed by atoms with van der Waals surface area (Å²) in [6, 6.07) is 8.75. The van der Waals surface area contributed by atoms with Crippen LogP contribution in [0.4, 0.5) is 0 Å². The van der Waals surface area contributed by atoms with Crippen LogP contribution in [0, 0.1) is 19.3 Å². The molecule has 1 aromatic carbocycles. The van der Waals surface area contributed by atoms with Crippen molar-refractivity contribution in [2.24, 2.45) is 0 Å². The van der Waals surface area contributed by atoms with Gasteiger partial charge in [0.2, 0.25) is 0 Å². The molecule has 0 spiro atoms. The third-order valence-electron chi connectivity index (χ3n) is 4.04. The lowest BCUT2D eigenvalue weighted by atomic mass is 10.1. The van der Waals surface area contributed by atoms with Crippen LogP contribution < -0.4 is 0 Å². The number of aromatic nitrogens is 2. The highest BCUT2D eigenvalue weighted by molar-refractivity contribution is 6.08. The zero-order chi connectivity index (χ0) is 15.0. The maximum absolute atomic E-state index is 7.60. The van der Waals surface area contributed by atoms with Crippen LogP contribution in [0.3, 0.4) is 0 Å². The molecule has 0 saturated heterocycles. The molecule has 0 unspecified atom stereocenters. The fourth-order valence-corrected chi connectivity index (χ4v) is 3.06. The lowest BCUT2D eigenvalue weighted by Crippen LogP contribution is -2.01. The van der Waals surface area contributed by atoms with Crippen LogP contribution >= 0.6 is 0 Å². The minimum absolute atomic E-state index is 0.752. The second-order valence-corrected chi connectivity index (χ2v) is 5.85. The number of rotatable bonds is 4. The van der Waals surface area contributed by atoms with E-state index in [0.717, 1.165) is 30.8 Å². The Kier molecular flexibility index (Phi) is 3.50. The van der Waals surface area contributed by atoms with Crippen molar-refractivity contribution in [2.75, 3.05) is 0 Å². The number of fused-ring (bicyclic) bond motifs is 3. The van der Waals surface area contributed by atoms with Crippen molar-refractivity contribution in [1.82, 2.24) is 9.55 Å². The largest absolute Gasteiger partial charge is 0.339 e. The quantitative estimate of drug-likeness (QED) is 0.695. The molecular formula is C18H21N3. The van der Waals surface area contributed by atoms with E-state index < -0.39 is 0 Å². The first kappa shape index (κ1) is 13.8. The Bertz CT molecular complexity index is 827. The van der Waals surface area contributed by atoms with Gasteiger partial charge in [0.25, 0.3) is 0 Å². The number of pyridine rings is 1. The van der Waals surface area contributed by atoms with Gasteiger partial charge in [0.15, 0.2) is 0 Å². The molecule has 3 aromatic rings. The number of benzene rings is 1. The van der Waals surface area contributed by atoms with Crippen LogP contribution in [0.25, 0.3) is 21.8 Å². The molecular weight excluding hydrogens is 258 g/mol. The summed E-state index contributed by atoms with van der Waals surface area (Å²) in [5.74, 6) is 0. The van der Waals surface area contributed by atoms with Gasteiger partial charge in [-0.15, -0.1) is 0 Å². The van der Waals surface area contributed by atoms with E-state index in [0.29, 0.717) is 0 Å². The summed E-state index contributed by atoms with van der Waals surface area (Å²) in [5.41, 5.74) is 5.62. The fourth-order valence-electron chi connectivity index (χ4n) is 3.06. The second kappa shape index (κ2) is 5.32. The normalized spacial score (nSPS) is 11.4. The van der Waals surface area contributed by atoms with E-state index in [1.165, 1.54) is 27.4 Å². The van der Waals surface area contributed by atoms with Gasteiger partial charge in [-0.2, -0.15) is 0 Å². The minimum Gasteiger partial charge on any atom is -0.339 e. The first-order valence-corrected chi connectivity index (χ1v) is 7.46. The highest BCUT2D eigenvalue weighted by Gasteiger charge is 2.12. The smallest absolute Gasteiger partial charge is 0.0707 e. The highest BCUT2D eigenvalue weighted by atomic mass is 15.0. The minimum atomic E-state index is 0.752. The molecule has 3 nitrogen and oxygen atoms in total. The van der Waals surface area contributed by atoms with Crippen LogP contribution in [-0.2, 0) is 6.54 Å². The number of aryl methyl sites for hydroxylation is 3. The van der Waals surface area contributed by atoms with E-state index >= 15 is 0 Å². The molecule has 0 aliphatic carbocycles. The number of nitrogens with one attached hydrogen (secondary N) is 1. The van der Waals surface area contributed by atoms with Crippen LogP contribution in [0.5, 0.6) is 0 Å². The van der Waals surface area contributed by atoms with E-state index in [1.54, 1.807) is 0 Å². The molecule has 1 N–H and O–H groups in total. The molecule has 0 fully saturated rings.